The number of rotatable bonds is 5. The molecule has 3 aromatic rings. The molecule has 0 spiro atoms. The Kier molecular flexibility index (Phi) is 5.18. The van der Waals surface area contributed by atoms with Crippen LogP contribution < -0.4 is 10.6 Å². The molecule has 0 saturated carbocycles. The zero-order valence-electron chi connectivity index (χ0n) is 13.1. The Bertz CT molecular complexity index is 814. The van der Waals surface area contributed by atoms with Gasteiger partial charge in [0.2, 0.25) is 5.95 Å². The molecule has 24 heavy (non-hydrogen) atoms. The highest BCUT2D eigenvalue weighted by atomic mass is 35.5. The van der Waals surface area contributed by atoms with Crippen LogP contribution in [0.5, 0.6) is 0 Å². The van der Waals surface area contributed by atoms with Crippen molar-refractivity contribution in [2.45, 2.75) is 13.5 Å². The smallest absolute Gasteiger partial charge is 0.224 e. The summed E-state index contributed by atoms with van der Waals surface area (Å²) in [4.78, 5) is 8.67. The Morgan fingerprint density at radius 1 is 0.958 bits per heavy atom. The Labute approximate surface area is 150 Å². The average molecular weight is 359 g/mol. The molecule has 3 rings (SSSR count). The molecule has 1 aromatic heterocycles. The summed E-state index contributed by atoms with van der Waals surface area (Å²) in [7, 11) is 0. The number of benzene rings is 2. The minimum atomic E-state index is 0.550. The average Bonchev–Trinajstić information content (AvgIpc) is 2.54. The number of hydrogen-bond donors (Lipinski definition) is 2. The maximum absolute atomic E-state index is 6.01. The SMILES string of the molecule is Cc1ccc(CNc2nccc(Nc3cc(Cl)cc(Cl)c3)n2)cc1. The Morgan fingerprint density at radius 3 is 2.38 bits per heavy atom. The first-order valence-electron chi connectivity index (χ1n) is 7.44. The van der Waals surface area contributed by atoms with Crippen LogP contribution in [0.3, 0.4) is 0 Å². The van der Waals surface area contributed by atoms with Crippen LogP contribution in [-0.4, -0.2) is 9.97 Å². The molecule has 2 aromatic carbocycles. The first-order chi connectivity index (χ1) is 11.6. The van der Waals surface area contributed by atoms with Crippen molar-refractivity contribution in [1.82, 2.24) is 9.97 Å². The monoisotopic (exact) mass is 358 g/mol. The van der Waals surface area contributed by atoms with Gasteiger partial charge in [0.05, 0.1) is 0 Å². The van der Waals surface area contributed by atoms with E-state index in [-0.39, 0.29) is 0 Å². The molecule has 0 amide bonds. The summed E-state index contributed by atoms with van der Waals surface area (Å²) in [5, 5.41) is 7.52. The molecule has 2 N–H and O–H groups in total. The lowest BCUT2D eigenvalue weighted by atomic mass is 10.1. The molecule has 0 bridgehead atoms. The van der Waals surface area contributed by atoms with Crippen LogP contribution in [0, 0.1) is 6.92 Å². The Hall–Kier alpha value is -2.30. The minimum absolute atomic E-state index is 0.550. The van der Waals surface area contributed by atoms with Gasteiger partial charge in [0.1, 0.15) is 5.82 Å². The van der Waals surface area contributed by atoms with Gasteiger partial charge in [-0.15, -0.1) is 0 Å². The molecule has 4 nitrogen and oxygen atoms in total. The fourth-order valence-electron chi connectivity index (χ4n) is 2.17. The number of hydrogen-bond acceptors (Lipinski definition) is 4. The molecule has 6 heteroatoms. The van der Waals surface area contributed by atoms with Crippen LogP contribution in [0.2, 0.25) is 10.0 Å². The van der Waals surface area contributed by atoms with E-state index in [0.29, 0.717) is 28.4 Å². The van der Waals surface area contributed by atoms with Crippen LogP contribution in [-0.2, 0) is 6.54 Å². The van der Waals surface area contributed by atoms with Crippen molar-refractivity contribution in [2.75, 3.05) is 10.6 Å². The highest BCUT2D eigenvalue weighted by Gasteiger charge is 2.02. The maximum Gasteiger partial charge on any atom is 0.224 e. The zero-order chi connectivity index (χ0) is 16.9. The second-order valence-electron chi connectivity index (χ2n) is 5.39. The van der Waals surface area contributed by atoms with Gasteiger partial charge >= 0.3 is 0 Å². The summed E-state index contributed by atoms with van der Waals surface area (Å²) in [6, 6.07) is 15.4. The predicted molar refractivity (Wildman–Crippen MR) is 100 cm³/mol. The van der Waals surface area contributed by atoms with E-state index >= 15 is 0 Å². The molecular formula is C18H16Cl2N4. The number of nitrogens with zero attached hydrogens (tertiary/aromatic N) is 2. The lowest BCUT2D eigenvalue weighted by molar-refractivity contribution is 1.05. The lowest BCUT2D eigenvalue weighted by Crippen LogP contribution is -2.05. The molecule has 0 saturated heterocycles. The molecule has 0 radical (unpaired) electrons. The second-order valence-corrected chi connectivity index (χ2v) is 6.26. The Morgan fingerprint density at radius 2 is 1.67 bits per heavy atom. The van der Waals surface area contributed by atoms with Gasteiger partial charge in [0.15, 0.2) is 0 Å². The number of aromatic nitrogens is 2. The van der Waals surface area contributed by atoms with E-state index in [1.165, 1.54) is 11.1 Å². The predicted octanol–water partition coefficient (Wildman–Crippen LogP) is 5.45. The van der Waals surface area contributed by atoms with Gasteiger partial charge in [-0.25, -0.2) is 4.98 Å². The van der Waals surface area contributed by atoms with E-state index in [4.69, 9.17) is 23.2 Å². The van der Waals surface area contributed by atoms with Crippen molar-refractivity contribution < 1.29 is 0 Å². The molecule has 0 atom stereocenters. The first kappa shape index (κ1) is 16.6. The quantitative estimate of drug-likeness (QED) is 0.636. The second kappa shape index (κ2) is 7.51. The number of halogens is 2. The van der Waals surface area contributed by atoms with E-state index in [1.807, 2.05) is 0 Å². The van der Waals surface area contributed by atoms with Gasteiger partial charge in [-0.1, -0.05) is 53.0 Å². The summed E-state index contributed by atoms with van der Waals surface area (Å²) < 4.78 is 0. The summed E-state index contributed by atoms with van der Waals surface area (Å²) in [6.45, 7) is 2.73. The molecule has 0 aliphatic carbocycles. The fourth-order valence-corrected chi connectivity index (χ4v) is 2.70. The number of aryl methyl sites for hydroxylation is 1. The highest BCUT2D eigenvalue weighted by Crippen LogP contribution is 2.24. The zero-order valence-corrected chi connectivity index (χ0v) is 14.6. The molecular weight excluding hydrogens is 343 g/mol. The molecule has 0 fully saturated rings. The third-order valence-corrected chi connectivity index (χ3v) is 3.80. The lowest BCUT2D eigenvalue weighted by Gasteiger charge is -2.09. The van der Waals surface area contributed by atoms with Gasteiger partial charge < -0.3 is 10.6 Å². The first-order valence-corrected chi connectivity index (χ1v) is 8.20. The summed E-state index contributed by atoms with van der Waals surface area (Å²) >= 11 is 12.0. The fraction of sp³-hybridized carbons (Fsp3) is 0.111. The van der Waals surface area contributed by atoms with Crippen molar-refractivity contribution in [2.24, 2.45) is 0 Å². The van der Waals surface area contributed by atoms with Crippen LogP contribution in [0.4, 0.5) is 17.5 Å². The van der Waals surface area contributed by atoms with Gasteiger partial charge in [-0.3, -0.25) is 0 Å². The van der Waals surface area contributed by atoms with Crippen LogP contribution in [0.25, 0.3) is 0 Å². The third-order valence-electron chi connectivity index (χ3n) is 3.36. The largest absolute Gasteiger partial charge is 0.350 e. The summed E-state index contributed by atoms with van der Waals surface area (Å²) in [6.07, 6.45) is 1.69. The topological polar surface area (TPSA) is 49.8 Å². The number of nitrogens with one attached hydrogen (secondary N) is 2. The van der Waals surface area contributed by atoms with E-state index < -0.39 is 0 Å². The number of anilines is 3. The standard InChI is InChI=1S/C18H16Cl2N4/c1-12-2-4-13(5-3-12)11-22-18-21-7-6-17(24-18)23-16-9-14(19)8-15(20)10-16/h2-10H,11H2,1H3,(H2,21,22,23,24). The highest BCUT2D eigenvalue weighted by molar-refractivity contribution is 6.35. The van der Waals surface area contributed by atoms with Gasteiger partial charge in [0.25, 0.3) is 0 Å². The van der Waals surface area contributed by atoms with Gasteiger partial charge in [-0.2, -0.15) is 4.98 Å². The summed E-state index contributed by atoms with van der Waals surface area (Å²) in [5.74, 6) is 1.21. The van der Waals surface area contributed by atoms with Crippen LogP contribution >= 0.6 is 23.2 Å². The summed E-state index contributed by atoms with van der Waals surface area (Å²) in [5.41, 5.74) is 3.18. The third kappa shape index (κ3) is 4.60. The minimum Gasteiger partial charge on any atom is -0.350 e. The molecule has 0 unspecified atom stereocenters. The van der Waals surface area contributed by atoms with E-state index in [0.717, 1.165) is 5.69 Å². The molecule has 0 aliphatic rings. The molecule has 1 heterocycles. The van der Waals surface area contributed by atoms with Gasteiger partial charge in [0, 0.05) is 28.5 Å². The van der Waals surface area contributed by atoms with Crippen molar-refractivity contribution >= 4 is 40.7 Å². The van der Waals surface area contributed by atoms with E-state index in [2.05, 4.69) is 51.8 Å². The van der Waals surface area contributed by atoms with Crippen molar-refractivity contribution in [1.29, 1.82) is 0 Å². The van der Waals surface area contributed by atoms with Gasteiger partial charge in [-0.05, 0) is 36.8 Å². The normalized spacial score (nSPS) is 10.5. The molecule has 122 valence electrons. The van der Waals surface area contributed by atoms with E-state index in [9.17, 15) is 0 Å². The van der Waals surface area contributed by atoms with Crippen LogP contribution in [0.15, 0.2) is 54.7 Å². The maximum atomic E-state index is 6.01. The van der Waals surface area contributed by atoms with E-state index in [1.54, 1.807) is 30.5 Å². The Balaban J connectivity index is 1.68. The van der Waals surface area contributed by atoms with Crippen molar-refractivity contribution in [3.05, 3.63) is 75.9 Å². The molecule has 0 aliphatic heterocycles. The van der Waals surface area contributed by atoms with Crippen molar-refractivity contribution in [3.63, 3.8) is 0 Å². The van der Waals surface area contributed by atoms with Crippen molar-refractivity contribution in [3.8, 4) is 0 Å². The van der Waals surface area contributed by atoms with Crippen LogP contribution in [0.1, 0.15) is 11.1 Å².